The highest BCUT2D eigenvalue weighted by atomic mass is 32.2. The molecule has 14 heteroatoms. The second-order valence-electron chi connectivity index (χ2n) is 13.3. The summed E-state index contributed by atoms with van der Waals surface area (Å²) in [5.41, 5.74) is -0.0291. The maximum absolute atomic E-state index is 14.1. The molecule has 4 amide bonds. The number of ether oxygens (including phenoxy) is 2. The van der Waals surface area contributed by atoms with Gasteiger partial charge in [-0.2, -0.15) is 4.98 Å². The van der Waals surface area contributed by atoms with Gasteiger partial charge in [-0.3, -0.25) is 14.3 Å². The fraction of sp³-hybridized carbons (Fsp3) is 0.457. The molecule has 3 fully saturated rings. The van der Waals surface area contributed by atoms with Gasteiger partial charge in [0.25, 0.3) is 5.91 Å². The van der Waals surface area contributed by atoms with Crippen molar-refractivity contribution in [2.45, 2.75) is 67.9 Å². The Hall–Kier alpha value is -4.72. The van der Waals surface area contributed by atoms with Crippen molar-refractivity contribution in [2.75, 3.05) is 27.2 Å². The number of allylic oxidation sites excluding steroid dienone is 1. The number of nitrogens with zero attached hydrogens (tertiary/aromatic N) is 4. The largest absolute Gasteiger partial charge is 0.497 e. The molecular weight excluding hydrogens is 648 g/mol. The molecule has 2 aromatic carbocycles. The average molecular weight is 689 g/mol. The van der Waals surface area contributed by atoms with Gasteiger partial charge >= 0.3 is 6.03 Å². The van der Waals surface area contributed by atoms with Crippen LogP contribution in [0.4, 0.5) is 4.79 Å². The van der Waals surface area contributed by atoms with Crippen LogP contribution in [0.5, 0.6) is 11.6 Å². The van der Waals surface area contributed by atoms with Crippen LogP contribution in [0, 0.1) is 5.92 Å². The van der Waals surface area contributed by atoms with E-state index in [9.17, 15) is 22.8 Å². The Morgan fingerprint density at radius 2 is 1.88 bits per heavy atom. The highest BCUT2D eigenvalue weighted by Gasteiger charge is 2.62. The van der Waals surface area contributed by atoms with Gasteiger partial charge in [-0.05, 0) is 50.7 Å². The summed E-state index contributed by atoms with van der Waals surface area (Å²) in [5, 5.41) is 2.94. The molecule has 258 valence electrons. The van der Waals surface area contributed by atoms with Gasteiger partial charge in [0.2, 0.25) is 21.8 Å². The molecule has 0 spiro atoms. The number of hydrogen-bond acceptors (Lipinski definition) is 9. The van der Waals surface area contributed by atoms with Gasteiger partial charge in [0, 0.05) is 37.6 Å². The summed E-state index contributed by atoms with van der Waals surface area (Å²) < 4.78 is 39.6. The summed E-state index contributed by atoms with van der Waals surface area (Å²) in [6.07, 6.45) is 6.95. The third-order valence-corrected chi connectivity index (χ3v) is 11.6. The van der Waals surface area contributed by atoms with E-state index < -0.39 is 44.8 Å². The molecular formula is C35H40N6O7S. The Bertz CT molecular complexity index is 1920. The van der Waals surface area contributed by atoms with Gasteiger partial charge in [0.05, 0.1) is 29.8 Å². The lowest BCUT2D eigenvalue weighted by molar-refractivity contribution is -0.131. The number of carbonyl (C=O) groups excluding carboxylic acids is 3. The molecule has 2 aliphatic heterocycles. The number of nitrogens with one attached hydrogen (secondary N) is 2. The molecule has 2 N–H and O–H groups in total. The van der Waals surface area contributed by atoms with Crippen molar-refractivity contribution in [1.29, 1.82) is 0 Å². The van der Waals surface area contributed by atoms with E-state index in [1.165, 1.54) is 4.90 Å². The van der Waals surface area contributed by atoms with E-state index in [-0.39, 0.29) is 31.3 Å². The van der Waals surface area contributed by atoms with Crippen molar-refractivity contribution in [3.63, 3.8) is 0 Å². The maximum Gasteiger partial charge on any atom is 0.320 e. The van der Waals surface area contributed by atoms with Crippen LogP contribution in [0.25, 0.3) is 22.3 Å². The molecule has 4 atom stereocenters. The van der Waals surface area contributed by atoms with Crippen molar-refractivity contribution < 1.29 is 32.3 Å². The van der Waals surface area contributed by atoms with Gasteiger partial charge < -0.3 is 24.6 Å². The zero-order valence-corrected chi connectivity index (χ0v) is 28.3. The number of sulfonamides is 1. The number of hydrogen-bond donors (Lipinski definition) is 2. The van der Waals surface area contributed by atoms with Crippen LogP contribution in [0.3, 0.4) is 0 Å². The molecule has 0 bridgehead atoms. The summed E-state index contributed by atoms with van der Waals surface area (Å²) in [5.74, 6) is -0.279. The Morgan fingerprint density at radius 3 is 2.63 bits per heavy atom. The van der Waals surface area contributed by atoms with E-state index in [1.807, 2.05) is 48.6 Å². The van der Waals surface area contributed by atoms with Gasteiger partial charge in [0.15, 0.2) is 5.82 Å². The Labute approximate surface area is 285 Å². The zero-order chi connectivity index (χ0) is 34.3. The topological polar surface area (TPSA) is 160 Å². The van der Waals surface area contributed by atoms with E-state index in [0.29, 0.717) is 47.7 Å². The van der Waals surface area contributed by atoms with Crippen LogP contribution in [0.15, 0.2) is 60.7 Å². The molecule has 0 radical (unpaired) electrons. The van der Waals surface area contributed by atoms with Gasteiger partial charge in [-0.1, -0.05) is 42.5 Å². The fourth-order valence-electron chi connectivity index (χ4n) is 6.67. The molecule has 2 aliphatic carbocycles. The van der Waals surface area contributed by atoms with E-state index >= 15 is 0 Å². The summed E-state index contributed by atoms with van der Waals surface area (Å²) >= 11 is 0. The normalized spacial score (nSPS) is 26.6. The lowest BCUT2D eigenvalue weighted by atomic mass is 10.1. The number of fused-ring (bicyclic) bond motifs is 3. The smallest absolute Gasteiger partial charge is 0.320 e. The fourth-order valence-corrected chi connectivity index (χ4v) is 8.03. The molecule has 3 heterocycles. The number of amides is 4. The van der Waals surface area contributed by atoms with Gasteiger partial charge in [-0.15, -0.1) is 0 Å². The first kappa shape index (κ1) is 32.8. The summed E-state index contributed by atoms with van der Waals surface area (Å²) in [6, 6.07) is 13.6. The SMILES string of the molecule is COc1ccc2c(O[C@@H]3C[C@H]4C(=O)N[C@]5(C(=O)NS(=O)(=O)C6CC6)C[C@H]5/C=C\CCCCN(C)C(=O)N4C3)nc(-c3ccccc3)nc2c1. The highest BCUT2D eigenvalue weighted by Crippen LogP contribution is 2.46. The van der Waals surface area contributed by atoms with Crippen molar-refractivity contribution in [1.82, 2.24) is 29.8 Å². The third-order valence-electron chi connectivity index (χ3n) is 9.76. The molecule has 3 aromatic rings. The Morgan fingerprint density at radius 1 is 1.08 bits per heavy atom. The summed E-state index contributed by atoms with van der Waals surface area (Å²) in [7, 11) is -0.549. The maximum atomic E-state index is 14.1. The average Bonchev–Trinajstić information content (AvgIpc) is 4.02. The Balaban J connectivity index is 1.19. The second-order valence-corrected chi connectivity index (χ2v) is 15.3. The quantitative estimate of drug-likeness (QED) is 0.355. The standard InChI is InChI=1S/C35H40N6O7S/c1-40-17-9-4-3-8-12-23-20-35(23,33(43)39-49(45,46)26-14-15-26)38-31(42)29-19-25(21-41(29)34(40)44)48-32-27-16-13-24(47-2)18-28(27)36-30(37-32)22-10-6-5-7-11-22/h5-8,10-13,16,18,23,25-26,29H,3-4,9,14-15,17,19-21H2,1-2H3,(H,38,42)(H,39,43)/b12-8-/t23-,25-,29+,35-/m1/s1. The van der Waals surface area contributed by atoms with Gasteiger partial charge in [-0.25, -0.2) is 18.2 Å². The van der Waals surface area contributed by atoms with E-state index in [2.05, 4.69) is 10.0 Å². The minimum Gasteiger partial charge on any atom is -0.497 e. The summed E-state index contributed by atoms with van der Waals surface area (Å²) in [6.45, 7) is 0.610. The molecule has 7 rings (SSSR count). The predicted molar refractivity (Wildman–Crippen MR) is 181 cm³/mol. The van der Waals surface area contributed by atoms with E-state index in [4.69, 9.17) is 19.4 Å². The lowest BCUT2D eigenvalue weighted by Gasteiger charge is -2.30. The zero-order valence-electron chi connectivity index (χ0n) is 27.5. The first-order valence-corrected chi connectivity index (χ1v) is 18.3. The Kier molecular flexibility index (Phi) is 8.67. The minimum atomic E-state index is -3.83. The van der Waals surface area contributed by atoms with Crippen molar-refractivity contribution in [3.05, 3.63) is 60.7 Å². The van der Waals surface area contributed by atoms with Crippen LogP contribution in [-0.4, -0.2) is 96.2 Å². The number of carbonyl (C=O) groups is 3. The third kappa shape index (κ3) is 6.65. The molecule has 49 heavy (non-hydrogen) atoms. The number of aromatic nitrogens is 2. The number of urea groups is 1. The number of rotatable bonds is 7. The number of benzene rings is 2. The molecule has 13 nitrogen and oxygen atoms in total. The lowest BCUT2D eigenvalue weighted by Crippen LogP contribution is -2.57. The van der Waals surface area contributed by atoms with Crippen molar-refractivity contribution in [2.24, 2.45) is 5.92 Å². The first-order valence-electron chi connectivity index (χ1n) is 16.7. The van der Waals surface area contributed by atoms with Crippen LogP contribution >= 0.6 is 0 Å². The van der Waals surface area contributed by atoms with E-state index in [0.717, 1.165) is 24.8 Å². The van der Waals surface area contributed by atoms with E-state index in [1.54, 1.807) is 31.2 Å². The van der Waals surface area contributed by atoms with Gasteiger partial charge in [0.1, 0.15) is 23.4 Å². The number of methoxy groups -OCH3 is 1. The molecule has 1 aromatic heterocycles. The van der Waals surface area contributed by atoms with Crippen LogP contribution in [0.2, 0.25) is 0 Å². The minimum absolute atomic E-state index is 0.0994. The first-order chi connectivity index (χ1) is 23.6. The predicted octanol–water partition coefficient (Wildman–Crippen LogP) is 3.40. The molecule has 0 unspecified atom stereocenters. The monoisotopic (exact) mass is 688 g/mol. The highest BCUT2D eigenvalue weighted by molar-refractivity contribution is 7.91. The van der Waals surface area contributed by atoms with Crippen molar-refractivity contribution >= 4 is 38.8 Å². The van der Waals surface area contributed by atoms with Crippen LogP contribution < -0.4 is 19.5 Å². The summed E-state index contributed by atoms with van der Waals surface area (Å²) in [4.78, 5) is 54.1. The molecule has 4 aliphatic rings. The van der Waals surface area contributed by atoms with Crippen molar-refractivity contribution in [3.8, 4) is 23.0 Å². The van der Waals surface area contributed by atoms with Crippen LogP contribution in [-0.2, 0) is 19.6 Å². The molecule has 2 saturated carbocycles. The van der Waals surface area contributed by atoms with Crippen LogP contribution in [0.1, 0.15) is 44.9 Å². The molecule has 1 saturated heterocycles. The second kappa shape index (κ2) is 13.0.